The number of hydrogen-bond donors (Lipinski definition) is 2. The number of nitrogens with one attached hydrogen (secondary N) is 1. The predicted octanol–water partition coefficient (Wildman–Crippen LogP) is 0.0675. The minimum Gasteiger partial charge on any atom is -0.480 e. The van der Waals surface area contributed by atoms with Crippen molar-refractivity contribution in [1.29, 1.82) is 0 Å². The Kier molecular flexibility index (Phi) is 5.95. The van der Waals surface area contributed by atoms with Crippen LogP contribution in [0, 0.1) is 5.92 Å². The first-order valence-electron chi connectivity index (χ1n) is 6.72. The zero-order valence-corrected chi connectivity index (χ0v) is 12.7. The monoisotopic (exact) mass is 302 g/mol. The second-order valence-corrected chi connectivity index (χ2v) is 5.29. The maximum Gasteiger partial charge on any atom is 0.328 e. The van der Waals surface area contributed by atoms with Gasteiger partial charge in [0.15, 0.2) is 0 Å². The summed E-state index contributed by atoms with van der Waals surface area (Å²) in [6, 6.07) is -2.38. The van der Waals surface area contributed by atoms with Gasteiger partial charge >= 0.3 is 18.0 Å². The number of carboxylic acid groups (broad SMARTS) is 1. The van der Waals surface area contributed by atoms with Crippen LogP contribution in [0.4, 0.5) is 4.79 Å². The molecule has 0 radical (unpaired) electrons. The number of carbonyl (C=O) groups excluding carboxylic acids is 2. The van der Waals surface area contributed by atoms with Crippen molar-refractivity contribution < 1.29 is 29.0 Å². The molecule has 1 fully saturated rings. The Morgan fingerprint density at radius 3 is 2.33 bits per heavy atom. The Balaban J connectivity index is 2.80. The fourth-order valence-corrected chi connectivity index (χ4v) is 2.27. The van der Waals surface area contributed by atoms with Crippen LogP contribution in [0.5, 0.6) is 0 Å². The predicted molar refractivity (Wildman–Crippen MR) is 72.7 cm³/mol. The molecular weight excluding hydrogens is 280 g/mol. The van der Waals surface area contributed by atoms with Crippen molar-refractivity contribution >= 4 is 18.0 Å². The minimum atomic E-state index is -1.09. The average molecular weight is 302 g/mol. The Bertz CT molecular complexity index is 411. The number of methoxy groups -OCH3 is 2. The average Bonchev–Trinajstić information content (AvgIpc) is 2.87. The van der Waals surface area contributed by atoms with Gasteiger partial charge in [0.2, 0.25) is 0 Å². The van der Waals surface area contributed by atoms with Crippen molar-refractivity contribution in [1.82, 2.24) is 10.2 Å². The molecule has 0 aliphatic carbocycles. The number of esters is 1. The van der Waals surface area contributed by atoms with Gasteiger partial charge in [-0.15, -0.1) is 0 Å². The Hall–Kier alpha value is -1.83. The molecule has 8 heteroatoms. The number of carbonyl (C=O) groups is 3. The number of carboxylic acids is 1. The second kappa shape index (κ2) is 7.26. The third kappa shape index (κ3) is 4.07. The molecular formula is C13H22N2O6. The van der Waals surface area contributed by atoms with E-state index < -0.39 is 30.1 Å². The van der Waals surface area contributed by atoms with Crippen LogP contribution >= 0.6 is 0 Å². The smallest absolute Gasteiger partial charge is 0.328 e. The zero-order chi connectivity index (χ0) is 16.2. The molecule has 0 saturated carbocycles. The van der Waals surface area contributed by atoms with Gasteiger partial charge in [-0.25, -0.2) is 14.4 Å². The highest BCUT2D eigenvalue weighted by Gasteiger charge is 2.41. The van der Waals surface area contributed by atoms with Gasteiger partial charge in [0, 0.05) is 20.1 Å². The molecule has 2 N–H and O–H groups in total. The summed E-state index contributed by atoms with van der Waals surface area (Å²) >= 11 is 0. The lowest BCUT2D eigenvalue weighted by Crippen LogP contribution is -2.53. The summed E-state index contributed by atoms with van der Waals surface area (Å²) < 4.78 is 9.76. The van der Waals surface area contributed by atoms with Crippen LogP contribution in [0.25, 0.3) is 0 Å². The summed E-state index contributed by atoms with van der Waals surface area (Å²) in [6.07, 6.45) is -0.100. The van der Waals surface area contributed by atoms with E-state index in [1.165, 1.54) is 19.1 Å². The molecule has 2 amide bonds. The first kappa shape index (κ1) is 17.2. The van der Waals surface area contributed by atoms with E-state index in [0.29, 0.717) is 0 Å². The number of aliphatic carboxylic acids is 1. The van der Waals surface area contributed by atoms with Crippen molar-refractivity contribution in [2.45, 2.75) is 38.5 Å². The summed E-state index contributed by atoms with van der Waals surface area (Å²) in [7, 11) is 2.71. The lowest BCUT2D eigenvalue weighted by molar-refractivity contribution is -0.144. The standard InChI is InChI=1S/C13H22N2O6/c1-7(2)10(12(18)21-4)14-13(19)15-6-8(20-3)5-9(15)11(16)17/h7-10H,5-6H2,1-4H3,(H,14,19)(H,16,17). The summed E-state index contributed by atoms with van der Waals surface area (Å²) in [4.78, 5) is 36.3. The number of amides is 2. The van der Waals surface area contributed by atoms with Crippen LogP contribution in [-0.2, 0) is 19.1 Å². The van der Waals surface area contributed by atoms with Crippen molar-refractivity contribution in [3.05, 3.63) is 0 Å². The van der Waals surface area contributed by atoms with E-state index in [0.717, 1.165) is 0 Å². The number of nitrogens with zero attached hydrogens (tertiary/aromatic N) is 1. The van der Waals surface area contributed by atoms with E-state index in [1.807, 2.05) is 0 Å². The Labute approximate surface area is 123 Å². The van der Waals surface area contributed by atoms with Gasteiger partial charge in [-0.1, -0.05) is 13.8 Å². The normalized spacial score (nSPS) is 23.0. The zero-order valence-electron chi connectivity index (χ0n) is 12.7. The van der Waals surface area contributed by atoms with Gasteiger partial charge in [0.05, 0.1) is 13.2 Å². The second-order valence-electron chi connectivity index (χ2n) is 5.29. The summed E-state index contributed by atoms with van der Waals surface area (Å²) in [5, 5.41) is 11.7. The van der Waals surface area contributed by atoms with Gasteiger partial charge in [-0.3, -0.25) is 0 Å². The number of rotatable bonds is 5. The molecule has 3 atom stereocenters. The largest absolute Gasteiger partial charge is 0.480 e. The maximum absolute atomic E-state index is 12.2. The van der Waals surface area contributed by atoms with E-state index in [-0.39, 0.29) is 25.0 Å². The summed E-state index contributed by atoms with van der Waals surface area (Å²) in [5.41, 5.74) is 0. The summed E-state index contributed by atoms with van der Waals surface area (Å²) in [5.74, 6) is -1.83. The molecule has 1 heterocycles. The Morgan fingerprint density at radius 2 is 1.90 bits per heavy atom. The highest BCUT2D eigenvalue weighted by molar-refractivity contribution is 5.87. The molecule has 1 saturated heterocycles. The molecule has 1 aliphatic rings. The third-order valence-electron chi connectivity index (χ3n) is 3.54. The molecule has 8 nitrogen and oxygen atoms in total. The molecule has 0 aromatic rings. The van der Waals surface area contributed by atoms with Crippen LogP contribution in [0.1, 0.15) is 20.3 Å². The van der Waals surface area contributed by atoms with Crippen LogP contribution < -0.4 is 5.32 Å². The van der Waals surface area contributed by atoms with E-state index in [4.69, 9.17) is 4.74 Å². The van der Waals surface area contributed by atoms with Crippen molar-refractivity contribution in [3.8, 4) is 0 Å². The highest BCUT2D eigenvalue weighted by Crippen LogP contribution is 2.20. The molecule has 0 aromatic carbocycles. The molecule has 1 rings (SSSR count). The van der Waals surface area contributed by atoms with Crippen molar-refractivity contribution in [2.24, 2.45) is 5.92 Å². The van der Waals surface area contributed by atoms with Crippen LogP contribution in [0.2, 0.25) is 0 Å². The fraction of sp³-hybridized carbons (Fsp3) is 0.769. The minimum absolute atomic E-state index is 0.172. The third-order valence-corrected chi connectivity index (χ3v) is 3.54. The molecule has 21 heavy (non-hydrogen) atoms. The molecule has 0 spiro atoms. The van der Waals surface area contributed by atoms with Gasteiger partial charge in [0.25, 0.3) is 0 Å². The number of ether oxygens (including phenoxy) is 2. The van der Waals surface area contributed by atoms with Crippen molar-refractivity contribution in [2.75, 3.05) is 20.8 Å². The van der Waals surface area contributed by atoms with Crippen LogP contribution in [-0.4, -0.2) is 66.9 Å². The molecule has 1 aliphatic heterocycles. The topological polar surface area (TPSA) is 105 Å². The lowest BCUT2D eigenvalue weighted by Gasteiger charge is -2.26. The number of urea groups is 1. The van der Waals surface area contributed by atoms with E-state index in [1.54, 1.807) is 13.8 Å². The SMILES string of the molecule is COC(=O)C(NC(=O)N1CC(OC)CC1C(=O)O)C(C)C. The van der Waals surface area contributed by atoms with Gasteiger partial charge in [-0.2, -0.15) is 0 Å². The quantitative estimate of drug-likeness (QED) is 0.696. The fourth-order valence-electron chi connectivity index (χ4n) is 2.27. The van der Waals surface area contributed by atoms with E-state index >= 15 is 0 Å². The maximum atomic E-state index is 12.2. The van der Waals surface area contributed by atoms with Crippen LogP contribution in [0.15, 0.2) is 0 Å². The lowest BCUT2D eigenvalue weighted by atomic mass is 10.1. The molecule has 0 aromatic heterocycles. The molecule has 120 valence electrons. The number of likely N-dealkylation sites (tertiary alicyclic amines) is 1. The van der Waals surface area contributed by atoms with Gasteiger partial charge in [-0.05, 0) is 5.92 Å². The van der Waals surface area contributed by atoms with Crippen LogP contribution in [0.3, 0.4) is 0 Å². The first-order valence-corrected chi connectivity index (χ1v) is 6.72. The van der Waals surface area contributed by atoms with Crippen molar-refractivity contribution in [3.63, 3.8) is 0 Å². The molecule has 0 bridgehead atoms. The van der Waals surface area contributed by atoms with Gasteiger partial charge < -0.3 is 24.8 Å². The Morgan fingerprint density at radius 1 is 1.29 bits per heavy atom. The summed E-state index contributed by atoms with van der Waals surface area (Å²) in [6.45, 7) is 3.70. The van der Waals surface area contributed by atoms with Gasteiger partial charge in [0.1, 0.15) is 12.1 Å². The van der Waals surface area contributed by atoms with E-state index in [2.05, 4.69) is 10.1 Å². The molecule has 3 unspecified atom stereocenters. The van der Waals surface area contributed by atoms with E-state index in [9.17, 15) is 19.5 Å². The number of hydrogen-bond acceptors (Lipinski definition) is 5. The highest BCUT2D eigenvalue weighted by atomic mass is 16.5. The first-order chi connectivity index (χ1) is 9.81.